The second kappa shape index (κ2) is 5.73. The first-order valence-electron chi connectivity index (χ1n) is 8.04. The highest BCUT2D eigenvalue weighted by Crippen LogP contribution is 2.29. The highest BCUT2D eigenvalue weighted by Gasteiger charge is 2.27. The fraction of sp³-hybridized carbons (Fsp3) is 0.211. The van der Waals surface area contributed by atoms with Crippen LogP contribution in [0.4, 0.5) is 5.95 Å². The smallest absolute Gasteiger partial charge is 0.273 e. The highest BCUT2D eigenvalue weighted by atomic mass is 16.5. The van der Waals surface area contributed by atoms with E-state index in [-0.39, 0.29) is 11.9 Å². The summed E-state index contributed by atoms with van der Waals surface area (Å²) in [5, 5.41) is 0.729. The van der Waals surface area contributed by atoms with Gasteiger partial charge >= 0.3 is 0 Å². The number of ether oxygens (including phenoxy) is 1. The summed E-state index contributed by atoms with van der Waals surface area (Å²) in [5.74, 6) is 0.762. The van der Waals surface area contributed by atoms with Crippen molar-refractivity contribution >= 4 is 22.8 Å². The summed E-state index contributed by atoms with van der Waals surface area (Å²) in [6.45, 7) is 3.06. The summed E-state index contributed by atoms with van der Waals surface area (Å²) in [6, 6.07) is 11.6. The predicted molar refractivity (Wildman–Crippen MR) is 95.3 cm³/mol. The normalized spacial score (nSPS) is 13.1. The number of anilines is 1. The molecule has 2 heterocycles. The van der Waals surface area contributed by atoms with Gasteiger partial charge in [0.05, 0.1) is 12.6 Å². The van der Waals surface area contributed by atoms with Crippen LogP contribution in [0, 0.1) is 6.92 Å². The molecule has 3 aromatic rings. The van der Waals surface area contributed by atoms with Gasteiger partial charge in [0.1, 0.15) is 11.4 Å². The first kappa shape index (κ1) is 15.4. The van der Waals surface area contributed by atoms with Crippen molar-refractivity contribution in [2.75, 3.05) is 12.8 Å². The maximum atomic E-state index is 13.1. The number of fused-ring (bicyclic) bond motifs is 2. The number of nitrogens with zero attached hydrogens (tertiary/aromatic N) is 3. The van der Waals surface area contributed by atoms with Gasteiger partial charge in [-0.15, -0.1) is 0 Å². The fourth-order valence-electron chi connectivity index (χ4n) is 3.21. The summed E-state index contributed by atoms with van der Waals surface area (Å²) < 4.78 is 5.27. The number of carbonyl (C=O) groups excluding carboxylic acids is 1. The van der Waals surface area contributed by atoms with E-state index >= 15 is 0 Å². The zero-order valence-corrected chi connectivity index (χ0v) is 14.1. The van der Waals surface area contributed by atoms with Crippen molar-refractivity contribution in [1.82, 2.24) is 14.9 Å². The highest BCUT2D eigenvalue weighted by molar-refractivity contribution is 6.05. The molecule has 6 nitrogen and oxygen atoms in total. The van der Waals surface area contributed by atoms with E-state index in [2.05, 4.69) is 9.97 Å². The average Bonchev–Trinajstić information content (AvgIpc) is 3.03. The van der Waals surface area contributed by atoms with E-state index in [9.17, 15) is 4.79 Å². The molecule has 1 aromatic heterocycles. The number of nitrogen functional groups attached to an aromatic ring is 1. The molecule has 1 amide bonds. The van der Waals surface area contributed by atoms with Gasteiger partial charge in [0.25, 0.3) is 5.91 Å². The standard InChI is InChI=1S/C19H18N4O2/c1-11-3-6-16-15(7-11)17(22-19(20)21-16)18(24)23-9-12-4-5-14(25-2)8-13(12)10-23/h3-8H,9-10H2,1-2H3,(H2,20,21,22). The van der Waals surface area contributed by atoms with Gasteiger partial charge < -0.3 is 15.4 Å². The Kier molecular flexibility index (Phi) is 3.53. The summed E-state index contributed by atoms with van der Waals surface area (Å²) >= 11 is 0. The molecular formula is C19H18N4O2. The van der Waals surface area contributed by atoms with Gasteiger partial charge in [-0.25, -0.2) is 9.97 Å². The molecule has 6 heteroatoms. The molecule has 0 radical (unpaired) electrons. The van der Waals surface area contributed by atoms with Gasteiger partial charge in [-0.3, -0.25) is 4.79 Å². The number of carbonyl (C=O) groups is 1. The number of amides is 1. The Morgan fingerprint density at radius 2 is 1.92 bits per heavy atom. The van der Waals surface area contributed by atoms with E-state index < -0.39 is 0 Å². The third kappa shape index (κ3) is 2.65. The van der Waals surface area contributed by atoms with Crippen molar-refractivity contribution in [3.05, 3.63) is 58.8 Å². The van der Waals surface area contributed by atoms with Gasteiger partial charge in [-0.1, -0.05) is 17.7 Å². The number of aryl methyl sites for hydroxylation is 1. The molecule has 0 fully saturated rings. The monoisotopic (exact) mass is 334 g/mol. The van der Waals surface area contributed by atoms with Crippen LogP contribution in [0.5, 0.6) is 5.75 Å². The number of hydrogen-bond acceptors (Lipinski definition) is 5. The summed E-state index contributed by atoms with van der Waals surface area (Å²) in [6.07, 6.45) is 0. The van der Waals surface area contributed by atoms with Crippen LogP contribution in [0.25, 0.3) is 10.9 Å². The first-order chi connectivity index (χ1) is 12.0. The van der Waals surface area contributed by atoms with E-state index in [1.54, 1.807) is 12.0 Å². The molecule has 0 atom stereocenters. The molecule has 1 aliphatic rings. The maximum absolute atomic E-state index is 13.1. The lowest BCUT2D eigenvalue weighted by Crippen LogP contribution is -2.27. The van der Waals surface area contributed by atoms with Crippen molar-refractivity contribution < 1.29 is 9.53 Å². The Labute approximate surface area is 145 Å². The molecule has 2 N–H and O–H groups in total. The average molecular weight is 334 g/mol. The van der Waals surface area contributed by atoms with Crippen LogP contribution in [-0.4, -0.2) is 27.9 Å². The van der Waals surface area contributed by atoms with Gasteiger partial charge in [-0.2, -0.15) is 0 Å². The lowest BCUT2D eigenvalue weighted by Gasteiger charge is -2.16. The third-order valence-electron chi connectivity index (χ3n) is 4.49. The van der Waals surface area contributed by atoms with Crippen molar-refractivity contribution in [3.8, 4) is 5.75 Å². The molecule has 2 aromatic carbocycles. The Morgan fingerprint density at radius 3 is 2.72 bits per heavy atom. The quantitative estimate of drug-likeness (QED) is 0.779. The van der Waals surface area contributed by atoms with Gasteiger partial charge in [0.2, 0.25) is 5.95 Å². The molecule has 4 rings (SSSR count). The van der Waals surface area contributed by atoms with Crippen LogP contribution in [0.15, 0.2) is 36.4 Å². The van der Waals surface area contributed by atoms with Gasteiger partial charge in [0.15, 0.2) is 0 Å². The van der Waals surface area contributed by atoms with Crippen molar-refractivity contribution in [2.24, 2.45) is 0 Å². The topological polar surface area (TPSA) is 81.3 Å². The minimum atomic E-state index is -0.139. The second-order valence-electron chi connectivity index (χ2n) is 6.25. The lowest BCUT2D eigenvalue weighted by molar-refractivity contribution is 0.0747. The predicted octanol–water partition coefficient (Wildman–Crippen LogP) is 2.69. The Balaban J connectivity index is 1.73. The summed E-state index contributed by atoms with van der Waals surface area (Å²) in [7, 11) is 1.64. The number of methoxy groups -OCH3 is 1. The summed E-state index contributed by atoms with van der Waals surface area (Å²) in [5.41, 5.74) is 10.1. The first-order valence-corrected chi connectivity index (χ1v) is 8.04. The zero-order valence-electron chi connectivity index (χ0n) is 14.1. The van der Waals surface area contributed by atoms with Crippen LogP contribution in [0.1, 0.15) is 27.2 Å². The van der Waals surface area contributed by atoms with Crippen LogP contribution in [0.2, 0.25) is 0 Å². The van der Waals surface area contributed by atoms with Crippen molar-refractivity contribution in [1.29, 1.82) is 0 Å². The number of nitrogens with two attached hydrogens (primary N) is 1. The molecule has 1 aliphatic heterocycles. The molecular weight excluding hydrogens is 316 g/mol. The molecule has 0 aliphatic carbocycles. The van der Waals surface area contributed by atoms with Gasteiger partial charge in [-0.05, 0) is 42.3 Å². The van der Waals surface area contributed by atoms with Crippen LogP contribution < -0.4 is 10.5 Å². The van der Waals surface area contributed by atoms with E-state index in [0.29, 0.717) is 24.3 Å². The maximum Gasteiger partial charge on any atom is 0.273 e. The largest absolute Gasteiger partial charge is 0.497 e. The number of hydrogen-bond donors (Lipinski definition) is 1. The Hall–Kier alpha value is -3.15. The third-order valence-corrected chi connectivity index (χ3v) is 4.49. The van der Waals surface area contributed by atoms with E-state index in [4.69, 9.17) is 10.5 Å². The van der Waals surface area contributed by atoms with Crippen molar-refractivity contribution in [3.63, 3.8) is 0 Å². The summed E-state index contributed by atoms with van der Waals surface area (Å²) in [4.78, 5) is 23.3. The van der Waals surface area contributed by atoms with Crippen molar-refractivity contribution in [2.45, 2.75) is 20.0 Å². The second-order valence-corrected chi connectivity index (χ2v) is 6.25. The van der Waals surface area contributed by atoms with E-state index in [1.165, 1.54) is 0 Å². The lowest BCUT2D eigenvalue weighted by atomic mass is 10.1. The van der Waals surface area contributed by atoms with Gasteiger partial charge in [0, 0.05) is 18.5 Å². The number of benzene rings is 2. The van der Waals surface area contributed by atoms with E-state index in [1.807, 2.05) is 43.3 Å². The molecule has 126 valence electrons. The molecule has 25 heavy (non-hydrogen) atoms. The molecule has 0 spiro atoms. The molecule has 0 saturated carbocycles. The minimum Gasteiger partial charge on any atom is -0.497 e. The molecule has 0 bridgehead atoms. The zero-order chi connectivity index (χ0) is 17.6. The Morgan fingerprint density at radius 1 is 1.12 bits per heavy atom. The molecule has 0 saturated heterocycles. The number of rotatable bonds is 2. The molecule has 0 unspecified atom stereocenters. The number of aromatic nitrogens is 2. The van der Waals surface area contributed by atoms with Crippen LogP contribution >= 0.6 is 0 Å². The van der Waals surface area contributed by atoms with E-state index in [0.717, 1.165) is 27.8 Å². The van der Waals surface area contributed by atoms with Crippen LogP contribution in [0.3, 0.4) is 0 Å². The fourth-order valence-corrected chi connectivity index (χ4v) is 3.21. The SMILES string of the molecule is COc1ccc2c(c1)CN(C(=O)c1nc(N)nc3ccc(C)cc13)C2. The van der Waals surface area contributed by atoms with Crippen LogP contribution in [-0.2, 0) is 13.1 Å². The minimum absolute atomic E-state index is 0.109. The Bertz CT molecular complexity index is 1000.